The predicted octanol–water partition coefficient (Wildman–Crippen LogP) is 1.33. The van der Waals surface area contributed by atoms with E-state index in [2.05, 4.69) is 15.0 Å². The lowest BCUT2D eigenvalue weighted by Crippen LogP contribution is -2.10. The molecule has 5 heteroatoms. The van der Waals surface area contributed by atoms with Crippen molar-refractivity contribution in [2.45, 2.75) is 6.42 Å². The second-order valence-corrected chi connectivity index (χ2v) is 3.36. The van der Waals surface area contributed by atoms with Crippen LogP contribution >= 0.6 is 0 Å². The molecular formula is C12H9N3O2. The number of carbonyl (C=O) groups is 2. The van der Waals surface area contributed by atoms with Gasteiger partial charge in [0, 0.05) is 30.4 Å². The van der Waals surface area contributed by atoms with Gasteiger partial charge in [-0.05, 0) is 12.1 Å². The predicted molar refractivity (Wildman–Crippen MR) is 59.5 cm³/mol. The molecule has 0 saturated heterocycles. The van der Waals surface area contributed by atoms with Crippen molar-refractivity contribution >= 4 is 11.6 Å². The Morgan fingerprint density at radius 1 is 1.00 bits per heavy atom. The first-order chi connectivity index (χ1) is 8.27. The Morgan fingerprint density at radius 2 is 1.82 bits per heavy atom. The molecule has 0 spiro atoms. The standard InChI is InChI=1S/C12H9N3O2/c16-11(9-2-1-3-13-7-9)6-12(17)10-8-14-4-5-15-10/h1-5,7-8H,6H2. The third kappa shape index (κ3) is 2.78. The number of aromatic nitrogens is 3. The lowest BCUT2D eigenvalue weighted by Gasteiger charge is -1.99. The van der Waals surface area contributed by atoms with E-state index in [1.165, 1.54) is 24.8 Å². The van der Waals surface area contributed by atoms with Crippen molar-refractivity contribution < 1.29 is 9.59 Å². The smallest absolute Gasteiger partial charge is 0.190 e. The fourth-order valence-electron chi connectivity index (χ4n) is 1.31. The molecule has 0 aromatic carbocycles. The Balaban J connectivity index is 2.08. The van der Waals surface area contributed by atoms with Gasteiger partial charge in [0.25, 0.3) is 0 Å². The van der Waals surface area contributed by atoms with E-state index in [0.29, 0.717) is 5.56 Å². The Morgan fingerprint density at radius 3 is 2.47 bits per heavy atom. The third-order valence-corrected chi connectivity index (χ3v) is 2.15. The topological polar surface area (TPSA) is 72.8 Å². The third-order valence-electron chi connectivity index (χ3n) is 2.15. The molecule has 17 heavy (non-hydrogen) atoms. The lowest BCUT2D eigenvalue weighted by molar-refractivity contribution is 0.0891. The molecule has 0 radical (unpaired) electrons. The van der Waals surface area contributed by atoms with E-state index in [9.17, 15) is 9.59 Å². The van der Waals surface area contributed by atoms with E-state index < -0.39 is 0 Å². The minimum Gasteiger partial charge on any atom is -0.294 e. The van der Waals surface area contributed by atoms with E-state index in [1.54, 1.807) is 18.3 Å². The first-order valence-corrected chi connectivity index (χ1v) is 5.00. The molecule has 0 aliphatic carbocycles. The number of carbonyl (C=O) groups excluding carboxylic acids is 2. The minimum atomic E-state index is -0.341. The molecule has 2 aromatic rings. The molecule has 0 N–H and O–H groups in total. The number of hydrogen-bond acceptors (Lipinski definition) is 5. The van der Waals surface area contributed by atoms with E-state index in [0.717, 1.165) is 0 Å². The van der Waals surface area contributed by atoms with Gasteiger partial charge in [-0.3, -0.25) is 19.6 Å². The molecule has 0 saturated carbocycles. The largest absolute Gasteiger partial charge is 0.294 e. The van der Waals surface area contributed by atoms with Gasteiger partial charge in [-0.2, -0.15) is 0 Å². The van der Waals surface area contributed by atoms with Crippen molar-refractivity contribution in [1.82, 2.24) is 15.0 Å². The van der Waals surface area contributed by atoms with E-state index in [-0.39, 0.29) is 23.7 Å². The highest BCUT2D eigenvalue weighted by molar-refractivity contribution is 6.12. The second kappa shape index (κ2) is 5.07. The average Bonchev–Trinajstić information content (AvgIpc) is 2.40. The zero-order valence-corrected chi connectivity index (χ0v) is 8.91. The van der Waals surface area contributed by atoms with Crippen LogP contribution in [0.5, 0.6) is 0 Å². The highest BCUT2D eigenvalue weighted by atomic mass is 16.1. The van der Waals surface area contributed by atoms with Crippen LogP contribution in [0, 0.1) is 0 Å². The first kappa shape index (κ1) is 11.1. The van der Waals surface area contributed by atoms with Gasteiger partial charge in [0.2, 0.25) is 0 Å². The van der Waals surface area contributed by atoms with Gasteiger partial charge in [-0.1, -0.05) is 0 Å². The molecule has 2 heterocycles. The molecule has 0 fully saturated rings. The van der Waals surface area contributed by atoms with Crippen LogP contribution in [0.4, 0.5) is 0 Å². The first-order valence-electron chi connectivity index (χ1n) is 5.00. The average molecular weight is 227 g/mol. The van der Waals surface area contributed by atoms with E-state index in [4.69, 9.17) is 0 Å². The molecule has 0 unspecified atom stereocenters. The van der Waals surface area contributed by atoms with Crippen LogP contribution in [0.2, 0.25) is 0 Å². The van der Waals surface area contributed by atoms with Crippen molar-refractivity contribution in [2.24, 2.45) is 0 Å². The maximum atomic E-state index is 11.7. The Labute approximate surface area is 97.6 Å². The van der Waals surface area contributed by atoms with E-state index >= 15 is 0 Å². The maximum Gasteiger partial charge on any atom is 0.190 e. The summed E-state index contributed by atoms with van der Waals surface area (Å²) in [5.74, 6) is -0.610. The minimum absolute atomic E-state index is 0.199. The molecule has 5 nitrogen and oxygen atoms in total. The van der Waals surface area contributed by atoms with Crippen molar-refractivity contribution in [1.29, 1.82) is 0 Å². The Hall–Kier alpha value is -2.43. The monoisotopic (exact) mass is 227 g/mol. The fourth-order valence-corrected chi connectivity index (χ4v) is 1.31. The molecule has 0 atom stereocenters. The van der Waals surface area contributed by atoms with Gasteiger partial charge in [0.05, 0.1) is 12.6 Å². The summed E-state index contributed by atoms with van der Waals surface area (Å²) in [6, 6.07) is 3.28. The highest BCUT2D eigenvalue weighted by Crippen LogP contribution is 2.05. The maximum absolute atomic E-state index is 11.7. The summed E-state index contributed by atoms with van der Waals surface area (Å²) >= 11 is 0. The van der Waals surface area contributed by atoms with Crippen LogP contribution in [0.1, 0.15) is 27.3 Å². The number of nitrogens with zero attached hydrogens (tertiary/aromatic N) is 3. The van der Waals surface area contributed by atoms with Gasteiger partial charge in [0.15, 0.2) is 11.6 Å². The number of pyridine rings is 1. The second-order valence-electron chi connectivity index (χ2n) is 3.36. The van der Waals surface area contributed by atoms with Gasteiger partial charge in [0.1, 0.15) is 5.69 Å². The van der Waals surface area contributed by atoms with Crippen LogP contribution < -0.4 is 0 Å². The summed E-state index contributed by atoms with van der Waals surface area (Å²) in [4.78, 5) is 34.9. The molecule has 0 bridgehead atoms. The summed E-state index contributed by atoms with van der Waals surface area (Å²) < 4.78 is 0. The molecule has 0 amide bonds. The molecule has 0 aliphatic rings. The summed E-state index contributed by atoms with van der Waals surface area (Å²) in [5, 5.41) is 0. The molecule has 2 aromatic heterocycles. The molecular weight excluding hydrogens is 218 g/mol. The van der Waals surface area contributed by atoms with Gasteiger partial charge in [-0.25, -0.2) is 4.98 Å². The zero-order chi connectivity index (χ0) is 12.1. The molecule has 2 rings (SSSR count). The van der Waals surface area contributed by atoms with Gasteiger partial charge in [-0.15, -0.1) is 0 Å². The zero-order valence-electron chi connectivity index (χ0n) is 8.91. The summed E-state index contributed by atoms with van der Waals surface area (Å²) in [6.07, 6.45) is 7.03. The molecule has 84 valence electrons. The summed E-state index contributed by atoms with van der Waals surface area (Å²) in [7, 11) is 0. The Kier molecular flexibility index (Phi) is 3.30. The number of Topliss-reactive ketones (excluding diaryl/α,β-unsaturated/α-hetero) is 2. The highest BCUT2D eigenvalue weighted by Gasteiger charge is 2.14. The van der Waals surface area contributed by atoms with Crippen molar-refractivity contribution in [2.75, 3.05) is 0 Å². The van der Waals surface area contributed by atoms with Crippen LogP contribution in [0.15, 0.2) is 43.1 Å². The summed E-state index contributed by atoms with van der Waals surface area (Å²) in [6.45, 7) is 0. The number of hydrogen-bond donors (Lipinski definition) is 0. The lowest BCUT2D eigenvalue weighted by atomic mass is 10.1. The van der Waals surface area contributed by atoms with Gasteiger partial charge >= 0.3 is 0 Å². The van der Waals surface area contributed by atoms with Crippen LogP contribution in [0.3, 0.4) is 0 Å². The SMILES string of the molecule is O=C(CC(=O)c1cnccn1)c1cccnc1. The fraction of sp³-hybridized carbons (Fsp3) is 0.0833. The van der Waals surface area contributed by atoms with Gasteiger partial charge < -0.3 is 0 Å². The number of rotatable bonds is 4. The molecule has 0 aliphatic heterocycles. The van der Waals surface area contributed by atoms with Crippen molar-refractivity contribution in [3.63, 3.8) is 0 Å². The van der Waals surface area contributed by atoms with E-state index in [1.807, 2.05) is 0 Å². The quantitative estimate of drug-likeness (QED) is 0.582. The van der Waals surface area contributed by atoms with Crippen LogP contribution in [-0.2, 0) is 0 Å². The van der Waals surface area contributed by atoms with Crippen molar-refractivity contribution in [3.05, 3.63) is 54.4 Å². The van der Waals surface area contributed by atoms with Crippen LogP contribution in [0.25, 0.3) is 0 Å². The number of ketones is 2. The summed E-state index contributed by atoms with van der Waals surface area (Å²) in [5.41, 5.74) is 0.620. The van der Waals surface area contributed by atoms with Crippen LogP contribution in [-0.4, -0.2) is 26.5 Å². The van der Waals surface area contributed by atoms with Crippen molar-refractivity contribution in [3.8, 4) is 0 Å². The normalized spacial score (nSPS) is 9.88. The Bertz CT molecular complexity index is 476.